The molecule has 0 radical (unpaired) electrons. The molecule has 2 saturated heterocycles. The van der Waals surface area contributed by atoms with E-state index in [9.17, 15) is 28.5 Å². The van der Waals surface area contributed by atoms with Crippen molar-refractivity contribution in [3.8, 4) is 5.75 Å². The minimum Gasteiger partial charge on any atom is -0.464 e. The minimum absolute atomic E-state index is 0.00698. The van der Waals surface area contributed by atoms with Gasteiger partial charge in [-0.15, -0.1) is 0 Å². The number of halogens is 2. The smallest absolute Gasteiger partial charge is 0.387 e. The number of hydrogen-bond donors (Lipinski definition) is 0. The van der Waals surface area contributed by atoms with Crippen LogP contribution in [-0.2, 0) is 19.1 Å². The molecule has 11 heteroatoms. The topological polar surface area (TPSA) is 108 Å². The van der Waals surface area contributed by atoms with E-state index in [1.165, 1.54) is 24.3 Å². The molecule has 1 aromatic rings. The largest absolute Gasteiger partial charge is 0.464 e. The summed E-state index contributed by atoms with van der Waals surface area (Å²) in [6.45, 7) is 3.98. The minimum atomic E-state index is -3.18. The molecule has 2 aliphatic rings. The van der Waals surface area contributed by atoms with Crippen molar-refractivity contribution in [1.82, 2.24) is 4.90 Å². The molecule has 5 atom stereocenters. The lowest BCUT2D eigenvalue weighted by atomic mass is 9.72. The Kier molecular flexibility index (Phi) is 8.30. The number of para-hydroxylation sites is 1. The first-order valence-electron chi connectivity index (χ1n) is 11.8. The second kappa shape index (κ2) is 10.8. The van der Waals surface area contributed by atoms with E-state index in [-0.39, 0.29) is 17.9 Å². The Bertz CT molecular complexity index is 931. The van der Waals surface area contributed by atoms with Gasteiger partial charge in [0.1, 0.15) is 23.9 Å². The molecule has 9 nitrogen and oxygen atoms in total. The molecule has 3 rings (SSSR count). The van der Waals surface area contributed by atoms with Crippen LogP contribution in [0.4, 0.5) is 8.78 Å². The second-order valence-electron chi connectivity index (χ2n) is 9.83. The van der Waals surface area contributed by atoms with E-state index in [0.29, 0.717) is 19.4 Å². The van der Waals surface area contributed by atoms with Gasteiger partial charge < -0.3 is 19.1 Å². The van der Waals surface area contributed by atoms with Crippen molar-refractivity contribution < 1.29 is 37.5 Å². The molecule has 0 unspecified atom stereocenters. The summed E-state index contributed by atoms with van der Waals surface area (Å²) >= 11 is 0. The van der Waals surface area contributed by atoms with E-state index in [0.717, 1.165) is 11.3 Å². The quantitative estimate of drug-likeness (QED) is 0.318. The zero-order valence-electron chi connectivity index (χ0n) is 20.3. The van der Waals surface area contributed by atoms with Crippen LogP contribution >= 0.6 is 0 Å². The highest BCUT2D eigenvalue weighted by atomic mass is 19.3. The number of amides is 1. The van der Waals surface area contributed by atoms with Crippen molar-refractivity contribution in [2.45, 2.75) is 77.8 Å². The maximum absolute atomic E-state index is 13.9. The number of rotatable bonds is 7. The van der Waals surface area contributed by atoms with Crippen LogP contribution in [0.3, 0.4) is 0 Å². The van der Waals surface area contributed by atoms with Crippen molar-refractivity contribution in [2.75, 3.05) is 13.2 Å². The van der Waals surface area contributed by atoms with Crippen molar-refractivity contribution in [3.05, 3.63) is 39.9 Å². The molecule has 2 aliphatic heterocycles. The molecule has 35 heavy (non-hydrogen) atoms. The molecule has 0 spiro atoms. The Morgan fingerprint density at radius 1 is 1.26 bits per heavy atom. The molecule has 0 aliphatic carbocycles. The fourth-order valence-corrected chi connectivity index (χ4v) is 5.25. The first-order chi connectivity index (χ1) is 16.5. The molecular weight excluding hydrogens is 466 g/mol. The van der Waals surface area contributed by atoms with E-state index in [4.69, 9.17) is 9.47 Å². The third kappa shape index (κ3) is 5.55. The van der Waals surface area contributed by atoms with Crippen molar-refractivity contribution >= 4 is 11.9 Å². The van der Waals surface area contributed by atoms with Gasteiger partial charge in [-0.1, -0.05) is 39.0 Å². The van der Waals surface area contributed by atoms with Crippen LogP contribution in [0.1, 0.15) is 58.6 Å². The summed E-state index contributed by atoms with van der Waals surface area (Å²) in [5.74, 6) is -2.65. The molecule has 0 N–H and O–H groups in total. The number of benzene rings is 1. The van der Waals surface area contributed by atoms with Crippen LogP contribution in [-0.4, -0.2) is 59.7 Å². The molecule has 1 aromatic carbocycles. The summed E-state index contributed by atoms with van der Waals surface area (Å²) in [5, 5.41) is 12.5. The second-order valence-corrected chi connectivity index (χ2v) is 9.83. The Morgan fingerprint density at radius 2 is 1.94 bits per heavy atom. The molecule has 0 bridgehead atoms. The summed E-state index contributed by atoms with van der Waals surface area (Å²) in [4.78, 5) is 40.3. The Labute approximate surface area is 202 Å². The molecule has 0 saturated carbocycles. The third-order valence-electron chi connectivity index (χ3n) is 6.57. The Balaban J connectivity index is 2.26. The Morgan fingerprint density at radius 3 is 2.49 bits per heavy atom. The number of esters is 1. The van der Waals surface area contributed by atoms with E-state index in [2.05, 4.69) is 4.74 Å². The molecule has 0 aromatic heterocycles. The van der Waals surface area contributed by atoms with E-state index >= 15 is 0 Å². The van der Waals surface area contributed by atoms with Gasteiger partial charge in [0, 0.05) is 17.1 Å². The summed E-state index contributed by atoms with van der Waals surface area (Å²) in [5.41, 5.74) is -0.798. The van der Waals surface area contributed by atoms with E-state index in [1.54, 1.807) is 27.7 Å². The highest BCUT2D eigenvalue weighted by molar-refractivity contribution is 5.89. The zero-order chi connectivity index (χ0) is 25.9. The van der Waals surface area contributed by atoms with Gasteiger partial charge in [-0.3, -0.25) is 14.9 Å². The lowest BCUT2D eigenvalue weighted by molar-refractivity contribution is -0.536. The average Bonchev–Trinajstić information content (AvgIpc) is 3.16. The number of carbonyl (C=O) groups is 2. The predicted molar refractivity (Wildman–Crippen MR) is 120 cm³/mol. The van der Waals surface area contributed by atoms with Crippen LogP contribution in [0.5, 0.6) is 5.75 Å². The van der Waals surface area contributed by atoms with Gasteiger partial charge in [0.25, 0.3) is 5.91 Å². The summed E-state index contributed by atoms with van der Waals surface area (Å²) < 4.78 is 42.1. The molecule has 1 amide bonds. The van der Waals surface area contributed by atoms with Crippen molar-refractivity contribution in [1.29, 1.82) is 0 Å². The fourth-order valence-electron chi connectivity index (χ4n) is 5.25. The monoisotopic (exact) mass is 498 g/mol. The SMILES string of the molecule is CCOC(=O)[C@@H]1[C@@H](C(C)(C)C)[C@H]([N+](=O)[O-])[C@H](c2ccccc2OC(F)F)N1C(=O)[C@H]1CCCCO1. The van der Waals surface area contributed by atoms with Gasteiger partial charge in [0.2, 0.25) is 6.04 Å². The average molecular weight is 499 g/mol. The summed E-state index contributed by atoms with van der Waals surface area (Å²) in [6.07, 6.45) is 0.959. The van der Waals surface area contributed by atoms with Crippen LogP contribution in [0.15, 0.2) is 24.3 Å². The van der Waals surface area contributed by atoms with Gasteiger partial charge in [-0.05, 0) is 37.7 Å². The van der Waals surface area contributed by atoms with Crippen LogP contribution in [0.25, 0.3) is 0 Å². The number of alkyl halides is 2. The zero-order valence-corrected chi connectivity index (χ0v) is 20.3. The number of carbonyl (C=O) groups excluding carboxylic acids is 2. The van der Waals surface area contributed by atoms with E-state index < -0.39 is 59.0 Å². The summed E-state index contributed by atoms with van der Waals surface area (Å²) in [7, 11) is 0. The number of ether oxygens (including phenoxy) is 3. The van der Waals surface area contributed by atoms with Gasteiger partial charge in [-0.2, -0.15) is 8.78 Å². The highest BCUT2D eigenvalue weighted by Gasteiger charge is 2.65. The predicted octanol–water partition coefficient (Wildman–Crippen LogP) is 3.98. The maximum Gasteiger partial charge on any atom is 0.387 e. The third-order valence-corrected chi connectivity index (χ3v) is 6.57. The lowest BCUT2D eigenvalue weighted by Crippen LogP contribution is -2.51. The van der Waals surface area contributed by atoms with Gasteiger partial charge in [-0.25, -0.2) is 4.79 Å². The number of nitrogens with zero attached hydrogens (tertiary/aromatic N) is 2. The molecule has 2 fully saturated rings. The van der Waals surface area contributed by atoms with Crippen molar-refractivity contribution in [3.63, 3.8) is 0 Å². The van der Waals surface area contributed by atoms with Gasteiger partial charge in [0.05, 0.1) is 12.5 Å². The molecule has 194 valence electrons. The fraction of sp³-hybridized carbons (Fsp3) is 0.667. The summed E-state index contributed by atoms with van der Waals surface area (Å²) in [6, 6.07) is 1.51. The normalized spacial score (nSPS) is 27.1. The van der Waals surface area contributed by atoms with Gasteiger partial charge >= 0.3 is 12.6 Å². The van der Waals surface area contributed by atoms with Crippen molar-refractivity contribution in [2.24, 2.45) is 11.3 Å². The van der Waals surface area contributed by atoms with Gasteiger partial charge in [0.15, 0.2) is 0 Å². The lowest BCUT2D eigenvalue weighted by Gasteiger charge is -2.35. The highest BCUT2D eigenvalue weighted by Crippen LogP contribution is 2.51. The molecule has 2 heterocycles. The number of likely N-dealkylation sites (tertiary alicyclic amines) is 1. The number of hydrogen-bond acceptors (Lipinski definition) is 7. The first-order valence-corrected chi connectivity index (χ1v) is 11.8. The van der Waals surface area contributed by atoms with Crippen LogP contribution < -0.4 is 4.74 Å². The van der Waals surface area contributed by atoms with E-state index in [1.807, 2.05) is 0 Å². The number of nitro groups is 1. The maximum atomic E-state index is 13.9. The van der Waals surface area contributed by atoms with Crippen LogP contribution in [0.2, 0.25) is 0 Å². The standard InChI is InChI=1S/C24H32F2N2O7/c1-5-33-22(30)20-17(24(2,3)4)19(28(31)32)18(14-10-6-7-11-15(14)35-23(25)26)27(20)21(29)16-12-8-9-13-34-16/h6-7,10-11,16-20,23H,5,8-9,12-13H2,1-4H3/t16-,17+,18+,19+,20+/m1/s1. The first kappa shape index (κ1) is 26.8. The van der Waals surface area contributed by atoms with Crippen LogP contribution in [0, 0.1) is 21.4 Å². The molecular formula is C24H32F2N2O7. The Hall–Kier alpha value is -2.82.